The Hall–Kier alpha value is -3.54. The fourth-order valence-corrected chi connectivity index (χ4v) is 6.63. The number of rotatable bonds is 11. The molecule has 4 rings (SSSR count). The fourth-order valence-electron chi connectivity index (χ4n) is 4.93. The molecule has 0 spiro atoms. The number of nitrogens with zero attached hydrogens (tertiary/aromatic N) is 3. The number of ether oxygens (including phenoxy) is 3. The van der Waals surface area contributed by atoms with Crippen molar-refractivity contribution in [3.05, 3.63) is 65.9 Å². The van der Waals surface area contributed by atoms with Crippen molar-refractivity contribution in [3.63, 3.8) is 0 Å². The van der Waals surface area contributed by atoms with Gasteiger partial charge < -0.3 is 19.1 Å². The van der Waals surface area contributed by atoms with Crippen LogP contribution in [0.25, 0.3) is 10.9 Å². The lowest BCUT2D eigenvalue weighted by Gasteiger charge is -2.52. The first-order valence-corrected chi connectivity index (χ1v) is 14.4. The molecule has 1 fully saturated rings. The van der Waals surface area contributed by atoms with Gasteiger partial charge in [-0.3, -0.25) is 9.78 Å². The van der Waals surface area contributed by atoms with E-state index in [0.29, 0.717) is 5.75 Å². The summed E-state index contributed by atoms with van der Waals surface area (Å²) in [6, 6.07) is 15.8. The predicted octanol–water partition coefficient (Wildman–Crippen LogP) is 3.17. The first-order chi connectivity index (χ1) is 19.0. The summed E-state index contributed by atoms with van der Waals surface area (Å²) >= 11 is 0. The number of sulfonamides is 1. The summed E-state index contributed by atoms with van der Waals surface area (Å²) in [7, 11) is -1.53. The summed E-state index contributed by atoms with van der Waals surface area (Å²) in [5, 5.41) is 0.986. The Morgan fingerprint density at radius 3 is 2.38 bits per heavy atom. The minimum absolute atomic E-state index is 0.0157. The van der Waals surface area contributed by atoms with Gasteiger partial charge in [0.2, 0.25) is 15.9 Å². The third-order valence-electron chi connectivity index (χ3n) is 6.99. The first kappa shape index (κ1) is 29.4. The van der Waals surface area contributed by atoms with Crippen molar-refractivity contribution in [2.75, 3.05) is 40.5 Å². The van der Waals surface area contributed by atoms with Gasteiger partial charge in [-0.05, 0) is 43.3 Å². The molecule has 0 atom stereocenters. The van der Waals surface area contributed by atoms with Crippen molar-refractivity contribution in [1.82, 2.24) is 14.2 Å². The van der Waals surface area contributed by atoms with Crippen LogP contribution in [0.4, 0.5) is 0 Å². The number of pyridine rings is 1. The Balaban J connectivity index is 1.58. The molecule has 2 heterocycles. The SMILES string of the molecule is COCCN(C1(C(=O)OC)CN(C(=O)C(C)C)C1)S(=O)(=O)c1ccc(OCc2cc(C)nc3ccccc23)cc1. The van der Waals surface area contributed by atoms with E-state index >= 15 is 0 Å². The van der Waals surface area contributed by atoms with Crippen LogP contribution in [0.3, 0.4) is 0 Å². The van der Waals surface area contributed by atoms with E-state index in [9.17, 15) is 18.0 Å². The van der Waals surface area contributed by atoms with Crippen molar-refractivity contribution in [2.45, 2.75) is 37.8 Å². The zero-order valence-corrected chi connectivity index (χ0v) is 24.2. The molecule has 1 aromatic heterocycles. The molecule has 10 nitrogen and oxygen atoms in total. The van der Waals surface area contributed by atoms with Crippen molar-refractivity contribution in [2.24, 2.45) is 5.92 Å². The summed E-state index contributed by atoms with van der Waals surface area (Å²) in [5.74, 6) is -0.690. The Labute approximate surface area is 234 Å². The predicted molar refractivity (Wildman–Crippen MR) is 149 cm³/mol. The summed E-state index contributed by atoms with van der Waals surface area (Å²) < 4.78 is 45.1. The number of methoxy groups -OCH3 is 2. The van der Waals surface area contributed by atoms with Gasteiger partial charge in [0.1, 0.15) is 12.4 Å². The van der Waals surface area contributed by atoms with Crippen LogP contribution >= 0.6 is 0 Å². The maximum absolute atomic E-state index is 13.9. The van der Waals surface area contributed by atoms with Crippen LogP contribution in [0.5, 0.6) is 5.75 Å². The summed E-state index contributed by atoms with van der Waals surface area (Å²) in [6.07, 6.45) is 0. The third-order valence-corrected chi connectivity index (χ3v) is 8.97. The van der Waals surface area contributed by atoms with Crippen molar-refractivity contribution >= 4 is 32.8 Å². The molecule has 214 valence electrons. The van der Waals surface area contributed by atoms with Crippen LogP contribution in [-0.4, -0.2) is 80.5 Å². The number of fused-ring (bicyclic) bond motifs is 1. The summed E-state index contributed by atoms with van der Waals surface area (Å²) in [6.45, 7) is 5.47. The Kier molecular flexibility index (Phi) is 8.77. The molecule has 1 aliphatic heterocycles. The van der Waals surface area contributed by atoms with Gasteiger partial charge in [0.25, 0.3) is 0 Å². The zero-order valence-electron chi connectivity index (χ0n) is 23.4. The van der Waals surface area contributed by atoms with Gasteiger partial charge in [-0.2, -0.15) is 4.31 Å². The standard InChI is InChI=1S/C29H35N3O7S/c1-20(2)27(33)31-18-29(19-31,28(34)38-5)32(14-15-37-4)40(35,36)24-12-10-23(11-13-24)39-17-22-16-21(3)30-26-9-7-6-8-25(22)26/h6-13,16,20H,14-15,17-19H2,1-5H3. The molecular weight excluding hydrogens is 534 g/mol. The molecule has 11 heteroatoms. The van der Waals surface area contributed by atoms with E-state index in [1.165, 1.54) is 31.3 Å². The number of hydrogen-bond donors (Lipinski definition) is 0. The Bertz CT molecular complexity index is 1480. The number of carbonyl (C=O) groups excluding carboxylic acids is 2. The quantitative estimate of drug-likeness (QED) is 0.324. The molecule has 0 bridgehead atoms. The number of esters is 1. The number of amides is 1. The van der Waals surface area contributed by atoms with Gasteiger partial charge in [0, 0.05) is 36.2 Å². The van der Waals surface area contributed by atoms with Crippen LogP contribution in [0, 0.1) is 12.8 Å². The van der Waals surface area contributed by atoms with E-state index in [4.69, 9.17) is 14.2 Å². The zero-order chi connectivity index (χ0) is 29.1. The molecular formula is C29H35N3O7S. The first-order valence-electron chi connectivity index (χ1n) is 13.0. The molecule has 0 aliphatic carbocycles. The molecule has 0 N–H and O–H groups in total. The fraction of sp³-hybridized carbons (Fsp3) is 0.414. The second-order valence-electron chi connectivity index (χ2n) is 10.1. The Morgan fingerprint density at radius 1 is 1.07 bits per heavy atom. The number of aromatic nitrogens is 1. The van der Waals surface area contributed by atoms with Crippen molar-refractivity contribution in [3.8, 4) is 5.75 Å². The smallest absolute Gasteiger partial charge is 0.331 e. The van der Waals surface area contributed by atoms with Crippen molar-refractivity contribution < 1.29 is 32.2 Å². The number of aryl methyl sites for hydroxylation is 1. The summed E-state index contributed by atoms with van der Waals surface area (Å²) in [4.78, 5) is 31.5. The average Bonchev–Trinajstić information content (AvgIpc) is 2.92. The maximum Gasteiger partial charge on any atom is 0.331 e. The monoisotopic (exact) mass is 569 g/mol. The van der Waals surface area contributed by atoms with E-state index < -0.39 is 21.5 Å². The second kappa shape index (κ2) is 11.9. The van der Waals surface area contributed by atoms with E-state index in [-0.39, 0.29) is 49.6 Å². The average molecular weight is 570 g/mol. The van der Waals surface area contributed by atoms with Crippen LogP contribution < -0.4 is 4.74 Å². The van der Waals surface area contributed by atoms with Crippen LogP contribution in [0.2, 0.25) is 0 Å². The molecule has 0 saturated carbocycles. The normalized spacial score (nSPS) is 14.8. The molecule has 1 aliphatic rings. The lowest BCUT2D eigenvalue weighted by molar-refractivity contribution is -0.169. The van der Waals surface area contributed by atoms with Gasteiger partial charge in [0.15, 0.2) is 5.54 Å². The van der Waals surface area contributed by atoms with Crippen LogP contribution in [0.1, 0.15) is 25.1 Å². The largest absolute Gasteiger partial charge is 0.489 e. The number of carbonyl (C=O) groups is 2. The second-order valence-corrected chi connectivity index (χ2v) is 12.0. The highest BCUT2D eigenvalue weighted by molar-refractivity contribution is 7.89. The molecule has 0 unspecified atom stereocenters. The highest BCUT2D eigenvalue weighted by Gasteiger charge is 2.60. The van der Waals surface area contributed by atoms with E-state index in [2.05, 4.69) is 4.98 Å². The van der Waals surface area contributed by atoms with Gasteiger partial charge >= 0.3 is 5.97 Å². The Morgan fingerprint density at radius 2 is 1.75 bits per heavy atom. The van der Waals surface area contributed by atoms with Crippen LogP contribution in [-0.2, 0) is 35.7 Å². The number of para-hydroxylation sites is 1. The third kappa shape index (κ3) is 5.67. The molecule has 0 radical (unpaired) electrons. The van der Waals surface area contributed by atoms with Gasteiger partial charge in [0.05, 0.1) is 37.2 Å². The number of likely N-dealkylation sites (tertiary alicyclic amines) is 1. The molecule has 1 saturated heterocycles. The van der Waals surface area contributed by atoms with Crippen LogP contribution in [0.15, 0.2) is 59.5 Å². The lowest BCUT2D eigenvalue weighted by atomic mass is 9.88. The number of benzene rings is 2. The molecule has 2 aromatic carbocycles. The van der Waals surface area contributed by atoms with E-state index in [1.807, 2.05) is 37.3 Å². The van der Waals surface area contributed by atoms with Crippen molar-refractivity contribution in [1.29, 1.82) is 0 Å². The summed E-state index contributed by atoms with van der Waals surface area (Å²) in [5.41, 5.74) is 1.17. The minimum Gasteiger partial charge on any atom is -0.489 e. The molecule has 3 aromatic rings. The van der Waals surface area contributed by atoms with E-state index in [0.717, 1.165) is 26.5 Å². The maximum atomic E-state index is 13.9. The number of hydrogen-bond acceptors (Lipinski definition) is 8. The van der Waals surface area contributed by atoms with Gasteiger partial charge in [-0.1, -0.05) is 32.0 Å². The molecule has 1 amide bonds. The van der Waals surface area contributed by atoms with E-state index in [1.54, 1.807) is 26.0 Å². The highest BCUT2D eigenvalue weighted by Crippen LogP contribution is 2.35. The van der Waals surface area contributed by atoms with Gasteiger partial charge in [-0.15, -0.1) is 0 Å². The lowest BCUT2D eigenvalue weighted by Crippen LogP contribution is -2.76. The van der Waals surface area contributed by atoms with Gasteiger partial charge in [-0.25, -0.2) is 13.2 Å². The minimum atomic E-state index is -4.18. The topological polar surface area (TPSA) is 115 Å². The molecule has 40 heavy (non-hydrogen) atoms. The highest BCUT2D eigenvalue weighted by atomic mass is 32.2.